The van der Waals surface area contributed by atoms with Gasteiger partial charge in [0.15, 0.2) is 0 Å². The maximum absolute atomic E-state index is 12.4. The lowest BCUT2D eigenvalue weighted by Gasteiger charge is -2.21. The molecule has 1 atom stereocenters. The average molecular weight is 278 g/mol. The van der Waals surface area contributed by atoms with E-state index in [1.54, 1.807) is 40.7 Å². The molecule has 0 aromatic rings. The van der Waals surface area contributed by atoms with E-state index < -0.39 is 19.2 Å². The SMILES string of the molecule is CCOC(=O)/C(C)=C/C(C)P(=O)(OCC)OCC. The van der Waals surface area contributed by atoms with E-state index >= 15 is 0 Å². The van der Waals surface area contributed by atoms with Crippen LogP contribution in [0.25, 0.3) is 0 Å². The van der Waals surface area contributed by atoms with Crippen LogP contribution in [0.1, 0.15) is 34.6 Å². The van der Waals surface area contributed by atoms with Gasteiger partial charge in [0.1, 0.15) is 0 Å². The van der Waals surface area contributed by atoms with Crippen LogP contribution in [0.2, 0.25) is 0 Å². The summed E-state index contributed by atoms with van der Waals surface area (Å²) in [4.78, 5) is 11.5. The number of allylic oxidation sites excluding steroid dienone is 1. The van der Waals surface area contributed by atoms with Crippen molar-refractivity contribution in [2.45, 2.75) is 40.3 Å². The fourth-order valence-corrected chi connectivity index (χ4v) is 3.07. The van der Waals surface area contributed by atoms with Crippen molar-refractivity contribution in [1.82, 2.24) is 0 Å². The van der Waals surface area contributed by atoms with Crippen LogP contribution in [0, 0.1) is 0 Å². The lowest BCUT2D eigenvalue weighted by atomic mass is 10.2. The van der Waals surface area contributed by atoms with Gasteiger partial charge < -0.3 is 13.8 Å². The van der Waals surface area contributed by atoms with E-state index in [9.17, 15) is 9.36 Å². The van der Waals surface area contributed by atoms with Crippen molar-refractivity contribution in [3.63, 3.8) is 0 Å². The molecule has 0 aromatic carbocycles. The monoisotopic (exact) mass is 278 g/mol. The number of hydrogen-bond acceptors (Lipinski definition) is 5. The van der Waals surface area contributed by atoms with Crippen molar-refractivity contribution >= 4 is 13.6 Å². The fraction of sp³-hybridized carbons (Fsp3) is 0.750. The van der Waals surface area contributed by atoms with Gasteiger partial charge in [-0.15, -0.1) is 0 Å². The number of carbonyl (C=O) groups is 1. The van der Waals surface area contributed by atoms with Gasteiger partial charge in [-0.05, 0) is 34.6 Å². The van der Waals surface area contributed by atoms with Gasteiger partial charge in [-0.3, -0.25) is 4.57 Å². The first-order valence-corrected chi connectivity index (χ1v) is 7.76. The minimum absolute atomic E-state index is 0.300. The topological polar surface area (TPSA) is 61.8 Å². The molecule has 0 bridgehead atoms. The predicted octanol–water partition coefficient (Wildman–Crippen LogP) is 3.15. The molecular weight excluding hydrogens is 255 g/mol. The van der Waals surface area contributed by atoms with Crippen molar-refractivity contribution in [3.05, 3.63) is 11.6 Å². The van der Waals surface area contributed by atoms with Gasteiger partial charge in [0.25, 0.3) is 0 Å². The van der Waals surface area contributed by atoms with Gasteiger partial charge in [0, 0.05) is 5.57 Å². The van der Waals surface area contributed by atoms with E-state index in [4.69, 9.17) is 13.8 Å². The molecule has 0 aromatic heterocycles. The first kappa shape index (κ1) is 17.4. The largest absolute Gasteiger partial charge is 0.463 e. The summed E-state index contributed by atoms with van der Waals surface area (Å²) in [5, 5.41) is 0. The van der Waals surface area contributed by atoms with Crippen LogP contribution in [-0.2, 0) is 23.1 Å². The van der Waals surface area contributed by atoms with Crippen LogP contribution < -0.4 is 0 Å². The van der Waals surface area contributed by atoms with Crippen LogP contribution in [0.5, 0.6) is 0 Å². The highest BCUT2D eigenvalue weighted by atomic mass is 31.2. The summed E-state index contributed by atoms with van der Waals surface area (Å²) in [5.74, 6) is -0.413. The van der Waals surface area contributed by atoms with Gasteiger partial charge in [-0.1, -0.05) is 6.08 Å². The molecule has 5 nitrogen and oxygen atoms in total. The molecule has 106 valence electrons. The standard InChI is InChI=1S/C12H23O5P/c1-6-15-12(13)10(4)9-11(5)18(14,16-7-2)17-8-3/h9,11H,6-8H2,1-5H3/b10-9+. The minimum Gasteiger partial charge on any atom is -0.463 e. The molecule has 0 saturated heterocycles. The molecule has 1 unspecified atom stereocenters. The summed E-state index contributed by atoms with van der Waals surface area (Å²) in [7, 11) is -3.21. The lowest BCUT2D eigenvalue weighted by molar-refractivity contribution is -0.138. The molecule has 0 radical (unpaired) electrons. The number of hydrogen-bond donors (Lipinski definition) is 0. The molecule has 0 spiro atoms. The molecule has 0 fully saturated rings. The third kappa shape index (κ3) is 5.34. The second-order valence-corrected chi connectivity index (χ2v) is 6.10. The first-order chi connectivity index (χ1) is 8.41. The Labute approximate surface area is 109 Å². The highest BCUT2D eigenvalue weighted by Gasteiger charge is 2.30. The van der Waals surface area contributed by atoms with E-state index in [-0.39, 0.29) is 0 Å². The zero-order valence-corrected chi connectivity index (χ0v) is 12.7. The van der Waals surface area contributed by atoms with E-state index in [1.807, 2.05) is 0 Å². The fourth-order valence-electron chi connectivity index (χ4n) is 1.40. The Morgan fingerprint density at radius 3 is 2.06 bits per heavy atom. The molecule has 18 heavy (non-hydrogen) atoms. The molecule has 0 aliphatic carbocycles. The summed E-state index contributed by atoms with van der Waals surface area (Å²) >= 11 is 0. The molecule has 0 amide bonds. The number of ether oxygens (including phenoxy) is 1. The van der Waals surface area contributed by atoms with E-state index in [2.05, 4.69) is 0 Å². The van der Waals surface area contributed by atoms with Gasteiger partial charge >= 0.3 is 13.6 Å². The molecule has 0 N–H and O–H groups in total. The van der Waals surface area contributed by atoms with Crippen LogP contribution in [-0.4, -0.2) is 31.4 Å². The highest BCUT2D eigenvalue weighted by molar-refractivity contribution is 7.54. The summed E-state index contributed by atoms with van der Waals surface area (Å²) < 4.78 is 27.7. The van der Waals surface area contributed by atoms with Crippen LogP contribution >= 0.6 is 7.60 Å². The quantitative estimate of drug-likeness (QED) is 0.388. The third-order valence-corrected chi connectivity index (χ3v) is 4.59. The summed E-state index contributed by atoms with van der Waals surface area (Å²) in [6.45, 7) is 9.47. The molecule has 0 heterocycles. The van der Waals surface area contributed by atoms with Crippen LogP contribution in [0.3, 0.4) is 0 Å². The molecule has 6 heteroatoms. The van der Waals surface area contributed by atoms with Crippen LogP contribution in [0.4, 0.5) is 0 Å². The van der Waals surface area contributed by atoms with Crippen molar-refractivity contribution in [1.29, 1.82) is 0 Å². The Kier molecular flexibility index (Phi) is 8.16. The van der Waals surface area contributed by atoms with Gasteiger partial charge in [0.2, 0.25) is 0 Å². The maximum atomic E-state index is 12.4. The lowest BCUT2D eigenvalue weighted by Crippen LogP contribution is -2.11. The molecule has 0 rings (SSSR count). The van der Waals surface area contributed by atoms with Crippen molar-refractivity contribution in [3.8, 4) is 0 Å². The summed E-state index contributed by atoms with van der Waals surface area (Å²) in [5.41, 5.74) is -0.0780. The number of carbonyl (C=O) groups excluding carboxylic acids is 1. The van der Waals surface area contributed by atoms with Gasteiger partial charge in [-0.25, -0.2) is 4.79 Å². The van der Waals surface area contributed by atoms with E-state index in [0.29, 0.717) is 25.4 Å². The average Bonchev–Trinajstić information content (AvgIpc) is 2.29. The maximum Gasteiger partial charge on any atom is 0.337 e. The van der Waals surface area contributed by atoms with Crippen molar-refractivity contribution in [2.24, 2.45) is 0 Å². The zero-order valence-electron chi connectivity index (χ0n) is 11.8. The Morgan fingerprint density at radius 1 is 1.17 bits per heavy atom. The second kappa shape index (κ2) is 8.46. The molecular formula is C12H23O5P. The van der Waals surface area contributed by atoms with Crippen molar-refractivity contribution < 1.29 is 23.1 Å². The van der Waals surface area contributed by atoms with Gasteiger partial charge in [-0.2, -0.15) is 0 Å². The van der Waals surface area contributed by atoms with Crippen molar-refractivity contribution in [2.75, 3.05) is 19.8 Å². The Balaban J connectivity index is 4.88. The predicted molar refractivity (Wildman–Crippen MR) is 70.7 cm³/mol. The Hall–Kier alpha value is -0.640. The summed E-state index contributed by atoms with van der Waals surface area (Å²) in [6.07, 6.45) is 1.57. The van der Waals surface area contributed by atoms with Gasteiger partial charge in [0.05, 0.1) is 25.5 Å². The normalized spacial score (nSPS) is 14.4. The first-order valence-electron chi connectivity index (χ1n) is 6.15. The van der Waals surface area contributed by atoms with Crippen LogP contribution in [0.15, 0.2) is 11.6 Å². The smallest absolute Gasteiger partial charge is 0.337 e. The number of rotatable bonds is 8. The molecule has 0 aliphatic rings. The summed E-state index contributed by atoms with van der Waals surface area (Å²) in [6, 6.07) is 0. The van der Waals surface area contributed by atoms with E-state index in [1.165, 1.54) is 0 Å². The second-order valence-electron chi connectivity index (χ2n) is 3.69. The molecule has 0 saturated carbocycles. The minimum atomic E-state index is -3.21. The highest BCUT2D eigenvalue weighted by Crippen LogP contribution is 2.53. The zero-order chi connectivity index (χ0) is 14.2. The van der Waals surface area contributed by atoms with E-state index in [0.717, 1.165) is 0 Å². The Morgan fingerprint density at radius 2 is 1.67 bits per heavy atom. The number of esters is 1. The Bertz CT molecular complexity index is 327. The molecule has 0 aliphatic heterocycles. The third-order valence-electron chi connectivity index (χ3n) is 2.21.